The predicted molar refractivity (Wildman–Crippen MR) is 68.2 cm³/mol. The number of aryl methyl sites for hydroxylation is 1. The van der Waals surface area contributed by atoms with Gasteiger partial charge in [-0.1, -0.05) is 28.1 Å². The summed E-state index contributed by atoms with van der Waals surface area (Å²) in [6, 6.07) is 10.0. The molecule has 2 nitrogen and oxygen atoms in total. The molecule has 0 bridgehead atoms. The second kappa shape index (κ2) is 4.85. The molecule has 0 fully saturated rings. The van der Waals surface area contributed by atoms with E-state index in [9.17, 15) is 0 Å². The molecule has 1 unspecified atom stereocenters. The van der Waals surface area contributed by atoms with Crippen molar-refractivity contribution in [3.8, 4) is 0 Å². The summed E-state index contributed by atoms with van der Waals surface area (Å²) >= 11 is 3.54. The number of rotatable bonds is 3. The Morgan fingerprint density at radius 1 is 1.38 bits per heavy atom. The molecule has 0 saturated heterocycles. The first-order chi connectivity index (χ1) is 7.66. The van der Waals surface area contributed by atoms with Gasteiger partial charge in [0.1, 0.15) is 5.76 Å². The fourth-order valence-corrected chi connectivity index (χ4v) is 2.48. The largest absolute Gasteiger partial charge is 0.469 e. The lowest BCUT2D eigenvalue weighted by Crippen LogP contribution is -2.13. The van der Waals surface area contributed by atoms with Gasteiger partial charge in [-0.3, -0.25) is 0 Å². The van der Waals surface area contributed by atoms with E-state index in [1.54, 1.807) is 6.26 Å². The molecular formula is C13H14BrNO. The van der Waals surface area contributed by atoms with Crippen molar-refractivity contribution in [1.82, 2.24) is 0 Å². The van der Waals surface area contributed by atoms with E-state index >= 15 is 0 Å². The van der Waals surface area contributed by atoms with Gasteiger partial charge in [0.2, 0.25) is 0 Å². The van der Waals surface area contributed by atoms with E-state index in [4.69, 9.17) is 10.2 Å². The summed E-state index contributed by atoms with van der Waals surface area (Å²) in [6.45, 7) is 2.06. The van der Waals surface area contributed by atoms with Gasteiger partial charge in [-0.15, -0.1) is 0 Å². The second-order valence-corrected chi connectivity index (χ2v) is 4.77. The van der Waals surface area contributed by atoms with Crippen LogP contribution in [-0.4, -0.2) is 0 Å². The third-order valence-electron chi connectivity index (χ3n) is 2.56. The van der Waals surface area contributed by atoms with Gasteiger partial charge in [0.05, 0.1) is 6.26 Å². The Kier molecular flexibility index (Phi) is 3.46. The molecule has 2 aromatic rings. The fraction of sp³-hybridized carbons (Fsp3) is 0.231. The summed E-state index contributed by atoms with van der Waals surface area (Å²) < 4.78 is 6.36. The minimum Gasteiger partial charge on any atom is -0.469 e. The lowest BCUT2D eigenvalue weighted by Gasteiger charge is -2.13. The van der Waals surface area contributed by atoms with Crippen LogP contribution in [0.15, 0.2) is 45.5 Å². The maximum Gasteiger partial charge on any atom is 0.105 e. The molecule has 0 amide bonds. The van der Waals surface area contributed by atoms with Crippen LogP contribution in [0.2, 0.25) is 0 Å². The smallest absolute Gasteiger partial charge is 0.105 e. The van der Waals surface area contributed by atoms with Gasteiger partial charge < -0.3 is 10.2 Å². The average Bonchev–Trinajstić information content (AvgIpc) is 2.70. The van der Waals surface area contributed by atoms with E-state index < -0.39 is 0 Å². The number of benzene rings is 1. The molecule has 0 aliphatic rings. The maximum absolute atomic E-state index is 6.15. The molecule has 16 heavy (non-hydrogen) atoms. The van der Waals surface area contributed by atoms with E-state index in [2.05, 4.69) is 41.1 Å². The summed E-state index contributed by atoms with van der Waals surface area (Å²) in [5.41, 5.74) is 8.48. The van der Waals surface area contributed by atoms with Gasteiger partial charge in [-0.05, 0) is 36.2 Å². The maximum atomic E-state index is 6.15. The quantitative estimate of drug-likeness (QED) is 0.933. The van der Waals surface area contributed by atoms with Crippen molar-refractivity contribution >= 4 is 15.9 Å². The SMILES string of the molecule is Cc1ccc(C(N)Cc2ccco2)c(Br)c1. The highest BCUT2D eigenvalue weighted by Crippen LogP contribution is 2.25. The molecule has 2 rings (SSSR count). The number of furan rings is 1. The van der Waals surface area contributed by atoms with Crippen LogP contribution in [0.3, 0.4) is 0 Å². The van der Waals surface area contributed by atoms with E-state index in [0.29, 0.717) is 6.42 Å². The third-order valence-corrected chi connectivity index (χ3v) is 3.24. The molecule has 0 radical (unpaired) electrons. The molecule has 1 aromatic carbocycles. The van der Waals surface area contributed by atoms with Gasteiger partial charge >= 0.3 is 0 Å². The Morgan fingerprint density at radius 3 is 2.81 bits per heavy atom. The molecule has 3 heteroatoms. The number of halogens is 1. The molecule has 0 spiro atoms. The first-order valence-electron chi connectivity index (χ1n) is 5.21. The summed E-state index contributed by atoms with van der Waals surface area (Å²) in [5.74, 6) is 0.917. The Hall–Kier alpha value is -1.06. The lowest BCUT2D eigenvalue weighted by atomic mass is 10.0. The van der Waals surface area contributed by atoms with E-state index in [-0.39, 0.29) is 6.04 Å². The normalized spacial score (nSPS) is 12.7. The highest BCUT2D eigenvalue weighted by atomic mass is 79.9. The van der Waals surface area contributed by atoms with Crippen LogP contribution in [0.5, 0.6) is 0 Å². The summed E-state index contributed by atoms with van der Waals surface area (Å²) in [5, 5.41) is 0. The molecule has 0 aliphatic carbocycles. The van der Waals surface area contributed by atoms with Crippen molar-refractivity contribution in [2.45, 2.75) is 19.4 Å². The van der Waals surface area contributed by atoms with E-state index in [0.717, 1.165) is 15.8 Å². The fourth-order valence-electron chi connectivity index (χ4n) is 1.69. The molecule has 84 valence electrons. The molecule has 2 N–H and O–H groups in total. The summed E-state index contributed by atoms with van der Waals surface area (Å²) in [4.78, 5) is 0. The van der Waals surface area contributed by atoms with Crippen LogP contribution < -0.4 is 5.73 Å². The monoisotopic (exact) mass is 279 g/mol. The van der Waals surface area contributed by atoms with Gasteiger partial charge in [0.25, 0.3) is 0 Å². The van der Waals surface area contributed by atoms with Gasteiger partial charge in [-0.25, -0.2) is 0 Å². The Balaban J connectivity index is 2.17. The molecular weight excluding hydrogens is 266 g/mol. The minimum absolute atomic E-state index is 0.0406. The summed E-state index contributed by atoms with van der Waals surface area (Å²) in [7, 11) is 0. The van der Waals surface area contributed by atoms with E-state index in [1.165, 1.54) is 5.56 Å². The van der Waals surface area contributed by atoms with Crippen molar-refractivity contribution in [2.75, 3.05) is 0 Å². The van der Waals surface area contributed by atoms with Crippen molar-refractivity contribution < 1.29 is 4.42 Å². The van der Waals surface area contributed by atoms with Crippen LogP contribution in [0.4, 0.5) is 0 Å². The Labute approximate surface area is 104 Å². The van der Waals surface area contributed by atoms with Crippen molar-refractivity contribution in [3.05, 3.63) is 58.0 Å². The van der Waals surface area contributed by atoms with Crippen LogP contribution >= 0.6 is 15.9 Å². The number of hydrogen-bond donors (Lipinski definition) is 1. The molecule has 1 aromatic heterocycles. The van der Waals surface area contributed by atoms with Crippen molar-refractivity contribution in [1.29, 1.82) is 0 Å². The van der Waals surface area contributed by atoms with Gasteiger partial charge in [0, 0.05) is 16.9 Å². The van der Waals surface area contributed by atoms with E-state index in [1.807, 2.05) is 12.1 Å². The molecule has 0 saturated carbocycles. The number of nitrogens with two attached hydrogens (primary N) is 1. The van der Waals surface area contributed by atoms with Crippen molar-refractivity contribution in [2.24, 2.45) is 5.73 Å². The first kappa shape index (κ1) is 11.4. The average molecular weight is 280 g/mol. The zero-order valence-electron chi connectivity index (χ0n) is 9.11. The third kappa shape index (κ3) is 2.54. The second-order valence-electron chi connectivity index (χ2n) is 3.91. The summed E-state index contributed by atoms with van der Waals surface area (Å²) in [6.07, 6.45) is 2.39. The Bertz CT molecular complexity index is 465. The Morgan fingerprint density at radius 2 is 2.19 bits per heavy atom. The standard InChI is InChI=1S/C13H14BrNO/c1-9-4-5-11(12(14)7-9)13(15)8-10-3-2-6-16-10/h2-7,13H,8,15H2,1H3. The predicted octanol–water partition coefficient (Wildman–Crippen LogP) is 3.59. The zero-order valence-corrected chi connectivity index (χ0v) is 10.7. The van der Waals surface area contributed by atoms with Gasteiger partial charge in [0.15, 0.2) is 0 Å². The van der Waals surface area contributed by atoms with Crippen LogP contribution in [0.1, 0.15) is 22.9 Å². The van der Waals surface area contributed by atoms with Gasteiger partial charge in [-0.2, -0.15) is 0 Å². The first-order valence-corrected chi connectivity index (χ1v) is 6.00. The molecule has 0 aliphatic heterocycles. The topological polar surface area (TPSA) is 39.2 Å². The van der Waals surface area contributed by atoms with Crippen LogP contribution in [0, 0.1) is 6.92 Å². The molecule has 1 atom stereocenters. The molecule has 1 heterocycles. The van der Waals surface area contributed by atoms with Crippen LogP contribution in [0.25, 0.3) is 0 Å². The highest BCUT2D eigenvalue weighted by molar-refractivity contribution is 9.10. The lowest BCUT2D eigenvalue weighted by molar-refractivity contribution is 0.488. The number of hydrogen-bond acceptors (Lipinski definition) is 2. The van der Waals surface area contributed by atoms with Crippen molar-refractivity contribution in [3.63, 3.8) is 0 Å². The van der Waals surface area contributed by atoms with Crippen LogP contribution in [-0.2, 0) is 6.42 Å². The highest BCUT2D eigenvalue weighted by Gasteiger charge is 2.11. The zero-order chi connectivity index (χ0) is 11.5. The minimum atomic E-state index is -0.0406.